The molecule has 3 aromatic rings. The van der Waals surface area contributed by atoms with Crippen LogP contribution in [0.25, 0.3) is 11.0 Å². The summed E-state index contributed by atoms with van der Waals surface area (Å²) in [6, 6.07) is 7.23. The first kappa shape index (κ1) is 23.3. The lowest BCUT2D eigenvalue weighted by Gasteiger charge is -2.36. The lowest BCUT2D eigenvalue weighted by Crippen LogP contribution is -2.52. The standard InChI is InChI=1S/C26H31Cl2N5O/c1-2-17-14-30-25-22(7-8-29-25)24(17)33-9-3-4-20(15-33)32-26(34)23(10-16-5-6-16)31-21-12-18(27)11-19(28)13-21/h7-8,11-14,16,20,23,31H,2-6,9-10,15H2,1H3,(H,29,30)(H,32,34). The zero-order valence-electron chi connectivity index (χ0n) is 19.4. The van der Waals surface area contributed by atoms with Gasteiger partial charge in [0.2, 0.25) is 5.91 Å². The molecule has 1 aliphatic carbocycles. The number of amides is 1. The van der Waals surface area contributed by atoms with E-state index >= 15 is 0 Å². The van der Waals surface area contributed by atoms with Crippen LogP contribution >= 0.6 is 23.2 Å². The predicted molar refractivity (Wildman–Crippen MR) is 140 cm³/mol. The highest BCUT2D eigenvalue weighted by Crippen LogP contribution is 2.35. The third-order valence-corrected chi connectivity index (χ3v) is 7.32. The fourth-order valence-corrected chi connectivity index (χ4v) is 5.55. The van der Waals surface area contributed by atoms with Crippen molar-refractivity contribution in [3.05, 3.63) is 52.3 Å². The molecule has 3 heterocycles. The smallest absolute Gasteiger partial charge is 0.242 e. The van der Waals surface area contributed by atoms with Gasteiger partial charge in [0.25, 0.3) is 0 Å². The maximum atomic E-state index is 13.4. The Labute approximate surface area is 210 Å². The average molecular weight is 500 g/mol. The van der Waals surface area contributed by atoms with Gasteiger partial charge in [0.05, 0.1) is 5.69 Å². The molecule has 5 rings (SSSR count). The molecule has 1 aliphatic heterocycles. The van der Waals surface area contributed by atoms with E-state index in [-0.39, 0.29) is 18.0 Å². The minimum absolute atomic E-state index is 0.0482. The van der Waals surface area contributed by atoms with Gasteiger partial charge in [-0.05, 0) is 61.4 Å². The number of H-pyrrole nitrogens is 1. The van der Waals surface area contributed by atoms with Crippen molar-refractivity contribution in [3.63, 3.8) is 0 Å². The highest BCUT2D eigenvalue weighted by Gasteiger charge is 2.32. The number of hydrogen-bond donors (Lipinski definition) is 3. The number of aromatic amines is 1. The largest absolute Gasteiger partial charge is 0.374 e. The van der Waals surface area contributed by atoms with Gasteiger partial charge < -0.3 is 20.5 Å². The van der Waals surface area contributed by atoms with Gasteiger partial charge >= 0.3 is 0 Å². The maximum Gasteiger partial charge on any atom is 0.242 e. The number of fused-ring (bicyclic) bond motifs is 1. The van der Waals surface area contributed by atoms with Crippen molar-refractivity contribution in [3.8, 4) is 0 Å². The monoisotopic (exact) mass is 499 g/mol. The lowest BCUT2D eigenvalue weighted by atomic mass is 10.0. The van der Waals surface area contributed by atoms with Crippen LogP contribution in [0.15, 0.2) is 36.7 Å². The third kappa shape index (κ3) is 5.28. The van der Waals surface area contributed by atoms with Crippen LogP contribution in [0.3, 0.4) is 0 Å². The van der Waals surface area contributed by atoms with E-state index in [1.54, 1.807) is 6.07 Å². The molecule has 2 aliphatic rings. The number of carbonyl (C=O) groups excluding carboxylic acids is 1. The van der Waals surface area contributed by atoms with E-state index in [0.717, 1.165) is 55.5 Å². The summed E-state index contributed by atoms with van der Waals surface area (Å²) >= 11 is 12.4. The number of rotatable bonds is 8. The summed E-state index contributed by atoms with van der Waals surface area (Å²) in [6.45, 7) is 3.94. The van der Waals surface area contributed by atoms with Crippen molar-refractivity contribution in [2.45, 2.75) is 57.5 Å². The first-order valence-electron chi connectivity index (χ1n) is 12.2. The predicted octanol–water partition coefficient (Wildman–Crippen LogP) is 5.80. The molecule has 2 unspecified atom stereocenters. The van der Waals surface area contributed by atoms with Gasteiger partial charge in [0.1, 0.15) is 11.7 Å². The molecule has 1 aromatic carbocycles. The van der Waals surface area contributed by atoms with Crippen molar-refractivity contribution in [1.82, 2.24) is 15.3 Å². The number of halogens is 2. The lowest BCUT2D eigenvalue weighted by molar-refractivity contribution is -0.122. The number of piperidine rings is 1. The van der Waals surface area contributed by atoms with Crippen LogP contribution in [0.1, 0.15) is 44.6 Å². The molecule has 6 nitrogen and oxygen atoms in total. The van der Waals surface area contributed by atoms with Gasteiger partial charge in [-0.25, -0.2) is 4.98 Å². The van der Waals surface area contributed by atoms with Gasteiger partial charge in [0, 0.05) is 52.6 Å². The first-order chi connectivity index (χ1) is 16.5. The Morgan fingerprint density at radius 3 is 2.76 bits per heavy atom. The van der Waals surface area contributed by atoms with Gasteiger partial charge in [-0.2, -0.15) is 0 Å². The topological polar surface area (TPSA) is 73.0 Å². The summed E-state index contributed by atoms with van der Waals surface area (Å²) in [5.41, 5.74) is 4.18. The molecule has 1 saturated carbocycles. The SMILES string of the molecule is CCc1cnc2[nH]ccc2c1N1CCCC(NC(=O)C(CC2CC2)Nc2cc(Cl)cc(Cl)c2)C1. The highest BCUT2D eigenvalue weighted by atomic mass is 35.5. The minimum atomic E-state index is -0.305. The Morgan fingerprint density at radius 1 is 1.24 bits per heavy atom. The zero-order chi connectivity index (χ0) is 23.7. The first-order valence-corrected chi connectivity index (χ1v) is 13.0. The molecule has 34 heavy (non-hydrogen) atoms. The number of aryl methyl sites for hydroxylation is 1. The Morgan fingerprint density at radius 2 is 2.03 bits per heavy atom. The fraction of sp³-hybridized carbons (Fsp3) is 0.462. The Hall–Kier alpha value is -2.44. The summed E-state index contributed by atoms with van der Waals surface area (Å²) in [7, 11) is 0. The fourth-order valence-electron chi connectivity index (χ4n) is 5.02. The van der Waals surface area contributed by atoms with E-state index in [9.17, 15) is 4.79 Å². The quantitative estimate of drug-likeness (QED) is 0.366. The number of aromatic nitrogens is 2. The second-order valence-electron chi connectivity index (χ2n) is 9.55. The second kappa shape index (κ2) is 10.0. The number of hydrogen-bond acceptors (Lipinski definition) is 4. The molecule has 8 heteroatoms. The molecule has 2 aromatic heterocycles. The summed E-state index contributed by atoms with van der Waals surface area (Å²) in [6.07, 6.45) is 10.0. The molecular formula is C26H31Cl2N5O. The van der Waals surface area contributed by atoms with E-state index < -0.39 is 0 Å². The van der Waals surface area contributed by atoms with Crippen LogP contribution < -0.4 is 15.5 Å². The molecule has 3 N–H and O–H groups in total. The van der Waals surface area contributed by atoms with Crippen molar-refractivity contribution in [1.29, 1.82) is 0 Å². The van der Waals surface area contributed by atoms with E-state index in [1.165, 1.54) is 24.1 Å². The van der Waals surface area contributed by atoms with Crippen molar-refractivity contribution in [2.24, 2.45) is 5.92 Å². The normalized spacial score (nSPS) is 19.3. The molecule has 0 bridgehead atoms. The number of nitrogens with zero attached hydrogens (tertiary/aromatic N) is 2. The molecule has 2 fully saturated rings. The maximum absolute atomic E-state index is 13.4. The van der Waals surface area contributed by atoms with Gasteiger partial charge in [-0.3, -0.25) is 4.79 Å². The summed E-state index contributed by atoms with van der Waals surface area (Å²) in [4.78, 5) is 23.6. The molecule has 180 valence electrons. The molecule has 2 atom stereocenters. The molecule has 1 saturated heterocycles. The summed E-state index contributed by atoms with van der Waals surface area (Å²) < 4.78 is 0. The minimum Gasteiger partial charge on any atom is -0.374 e. The highest BCUT2D eigenvalue weighted by molar-refractivity contribution is 6.35. The summed E-state index contributed by atoms with van der Waals surface area (Å²) in [5, 5.41) is 9.01. The molecule has 1 amide bonds. The Kier molecular flexibility index (Phi) is 6.89. The van der Waals surface area contributed by atoms with Gasteiger partial charge in [-0.15, -0.1) is 0 Å². The van der Waals surface area contributed by atoms with Crippen LogP contribution in [0.4, 0.5) is 11.4 Å². The van der Waals surface area contributed by atoms with Crippen LogP contribution in [0, 0.1) is 5.92 Å². The van der Waals surface area contributed by atoms with E-state index in [2.05, 4.69) is 38.5 Å². The second-order valence-corrected chi connectivity index (χ2v) is 10.4. The van der Waals surface area contributed by atoms with Crippen LogP contribution in [-0.2, 0) is 11.2 Å². The van der Waals surface area contributed by atoms with Crippen LogP contribution in [0.2, 0.25) is 10.0 Å². The number of nitrogens with one attached hydrogen (secondary N) is 3. The van der Waals surface area contributed by atoms with Crippen molar-refractivity contribution in [2.75, 3.05) is 23.3 Å². The Bertz CT molecular complexity index is 1150. The van der Waals surface area contributed by atoms with Crippen LogP contribution in [-0.4, -0.2) is 41.0 Å². The summed E-state index contributed by atoms with van der Waals surface area (Å²) in [5.74, 6) is 0.652. The van der Waals surface area contributed by atoms with Gasteiger partial charge in [-0.1, -0.05) is 43.0 Å². The van der Waals surface area contributed by atoms with E-state index in [1.807, 2.05) is 24.5 Å². The average Bonchev–Trinajstić information content (AvgIpc) is 3.50. The molecule has 0 radical (unpaired) electrons. The zero-order valence-corrected chi connectivity index (χ0v) is 20.9. The third-order valence-electron chi connectivity index (χ3n) is 6.88. The number of carbonyl (C=O) groups is 1. The number of benzene rings is 1. The molecular weight excluding hydrogens is 469 g/mol. The Balaban J connectivity index is 1.31. The van der Waals surface area contributed by atoms with Crippen LogP contribution in [0.5, 0.6) is 0 Å². The van der Waals surface area contributed by atoms with Crippen molar-refractivity contribution >= 4 is 51.5 Å². The van der Waals surface area contributed by atoms with Gasteiger partial charge in [0.15, 0.2) is 0 Å². The molecule has 0 spiro atoms. The number of pyridine rings is 1. The van der Waals surface area contributed by atoms with Crippen molar-refractivity contribution < 1.29 is 4.79 Å². The van der Waals surface area contributed by atoms with E-state index in [4.69, 9.17) is 23.2 Å². The number of anilines is 2. The van der Waals surface area contributed by atoms with E-state index in [0.29, 0.717) is 16.0 Å².